The van der Waals surface area contributed by atoms with Gasteiger partial charge in [-0.2, -0.15) is 0 Å². The molecule has 2 fully saturated rings. The van der Waals surface area contributed by atoms with Gasteiger partial charge in [-0.1, -0.05) is 15.9 Å². The maximum Gasteiger partial charge on any atom is 0.187 e. The highest BCUT2D eigenvalue weighted by Gasteiger charge is 2.49. The van der Waals surface area contributed by atoms with Crippen molar-refractivity contribution in [2.45, 2.75) is 60.1 Å². The summed E-state index contributed by atoms with van der Waals surface area (Å²) in [5, 5.41) is 67.5. The van der Waals surface area contributed by atoms with E-state index >= 15 is 0 Å². The lowest BCUT2D eigenvalue weighted by Gasteiger charge is -2.45. The summed E-state index contributed by atoms with van der Waals surface area (Å²) in [6.07, 6.45) is -12.5. The average Bonchev–Trinajstić information content (AvgIpc) is 2.54. The van der Waals surface area contributed by atoms with Gasteiger partial charge < -0.3 is 50.0 Å². The summed E-state index contributed by atoms with van der Waals surface area (Å²) in [6.45, 7) is -1.20. The molecule has 0 radical (unpaired) electrons. The van der Waals surface area contributed by atoms with Gasteiger partial charge >= 0.3 is 0 Å². The molecule has 0 spiro atoms. The summed E-state index contributed by atoms with van der Waals surface area (Å²) < 4.78 is 15.6. The Morgan fingerprint density at radius 1 is 0.783 bits per heavy atom. The smallest absolute Gasteiger partial charge is 0.187 e. The zero-order valence-corrected chi connectivity index (χ0v) is 13.5. The van der Waals surface area contributed by atoms with Gasteiger partial charge in [0.05, 0.1) is 18.0 Å². The number of aliphatic hydroxyl groups excluding tert-OH is 7. The average molecular weight is 405 g/mol. The van der Waals surface area contributed by atoms with E-state index in [9.17, 15) is 25.5 Å². The van der Waals surface area contributed by atoms with Crippen LogP contribution in [-0.4, -0.2) is 109 Å². The fraction of sp³-hybridized carbons (Fsp3) is 1.00. The minimum atomic E-state index is -1.65. The van der Waals surface area contributed by atoms with Crippen LogP contribution in [0.15, 0.2) is 0 Å². The molecule has 10 atom stereocenters. The molecule has 0 bridgehead atoms. The molecule has 0 aliphatic carbocycles. The Morgan fingerprint density at radius 3 is 1.91 bits per heavy atom. The first-order valence-electron chi connectivity index (χ1n) is 7.04. The van der Waals surface area contributed by atoms with E-state index in [1.165, 1.54) is 0 Å². The molecule has 0 saturated carbocycles. The monoisotopic (exact) mass is 404 g/mol. The molecule has 11 heteroatoms. The van der Waals surface area contributed by atoms with Crippen LogP contribution in [0.4, 0.5) is 0 Å². The Bertz CT molecular complexity index is 385. The number of aliphatic hydroxyl groups is 7. The maximum atomic E-state index is 10.1. The normalized spacial score (nSPS) is 51.7. The molecule has 23 heavy (non-hydrogen) atoms. The van der Waals surface area contributed by atoms with E-state index in [1.807, 2.05) is 0 Å². The number of halogens is 1. The van der Waals surface area contributed by atoms with Crippen LogP contribution in [0.3, 0.4) is 0 Å². The molecular weight excluding hydrogens is 384 g/mol. The van der Waals surface area contributed by atoms with Crippen LogP contribution in [0.1, 0.15) is 0 Å². The number of hydrogen-bond acceptors (Lipinski definition) is 10. The standard InChI is InChI=1S/C12H21BrO10/c13-5-10(7(17)4(2-15)21-11(5)20)23-12-9(19)8(18)6(16)3(1-14)22-12/h3-12,14-20H,1-2H2/t3-,4-,5+,6+,7-,8+,9-,10-,11?,12+/m1/s1. The summed E-state index contributed by atoms with van der Waals surface area (Å²) in [4.78, 5) is -0.910. The molecule has 2 rings (SSSR count). The highest BCUT2D eigenvalue weighted by molar-refractivity contribution is 9.09. The van der Waals surface area contributed by atoms with E-state index in [-0.39, 0.29) is 0 Å². The highest BCUT2D eigenvalue weighted by atomic mass is 79.9. The van der Waals surface area contributed by atoms with E-state index < -0.39 is 73.3 Å². The van der Waals surface area contributed by atoms with Crippen molar-refractivity contribution >= 4 is 15.9 Å². The van der Waals surface area contributed by atoms with Crippen LogP contribution < -0.4 is 0 Å². The van der Waals surface area contributed by atoms with E-state index in [4.69, 9.17) is 24.4 Å². The molecule has 2 saturated heterocycles. The van der Waals surface area contributed by atoms with Crippen molar-refractivity contribution in [3.8, 4) is 0 Å². The summed E-state index contributed by atoms with van der Waals surface area (Å²) in [6, 6.07) is 0. The van der Waals surface area contributed by atoms with E-state index in [2.05, 4.69) is 15.9 Å². The SMILES string of the molecule is OC[C@H]1O[C@@H](O[C@H]2[C@H](O)[C@@H](CO)OC(O)[C@H]2Br)[C@H](O)[C@@H](O)[C@H]1O. The molecule has 1 unspecified atom stereocenters. The van der Waals surface area contributed by atoms with Crippen molar-refractivity contribution in [3.05, 3.63) is 0 Å². The fourth-order valence-electron chi connectivity index (χ4n) is 2.54. The molecule has 0 aromatic heterocycles. The van der Waals surface area contributed by atoms with Crippen LogP contribution in [0.5, 0.6) is 0 Å². The number of alkyl halides is 1. The predicted octanol–water partition coefficient (Wildman–Crippen LogP) is -3.99. The summed E-state index contributed by atoms with van der Waals surface area (Å²) in [5.74, 6) is 0. The first-order chi connectivity index (χ1) is 10.8. The van der Waals surface area contributed by atoms with Crippen molar-refractivity contribution in [3.63, 3.8) is 0 Å². The van der Waals surface area contributed by atoms with Gasteiger partial charge in [0, 0.05) is 0 Å². The Morgan fingerprint density at radius 2 is 1.35 bits per heavy atom. The van der Waals surface area contributed by atoms with Gasteiger partial charge in [0.2, 0.25) is 0 Å². The minimum Gasteiger partial charge on any atom is -0.394 e. The quantitative estimate of drug-likeness (QED) is 0.229. The van der Waals surface area contributed by atoms with Crippen molar-refractivity contribution < 1.29 is 50.0 Å². The fourth-order valence-corrected chi connectivity index (χ4v) is 3.10. The van der Waals surface area contributed by atoms with Gasteiger partial charge in [0.25, 0.3) is 0 Å². The molecule has 2 heterocycles. The molecule has 2 aliphatic heterocycles. The first kappa shape index (κ1) is 19.4. The van der Waals surface area contributed by atoms with Crippen molar-refractivity contribution in [1.29, 1.82) is 0 Å². The lowest BCUT2D eigenvalue weighted by Crippen LogP contribution is -2.63. The van der Waals surface area contributed by atoms with Gasteiger partial charge in [-0.15, -0.1) is 0 Å². The number of rotatable bonds is 4. The zero-order chi connectivity index (χ0) is 17.3. The Balaban J connectivity index is 2.11. The second-order valence-electron chi connectivity index (χ2n) is 5.48. The Labute approximate surface area is 140 Å². The molecule has 136 valence electrons. The third-order valence-corrected chi connectivity index (χ3v) is 4.91. The number of hydrogen-bond donors (Lipinski definition) is 7. The highest BCUT2D eigenvalue weighted by Crippen LogP contribution is 2.31. The van der Waals surface area contributed by atoms with E-state index in [1.54, 1.807) is 0 Å². The summed E-state index contributed by atoms with van der Waals surface area (Å²) >= 11 is 3.08. The van der Waals surface area contributed by atoms with Gasteiger partial charge in [-0.25, -0.2) is 0 Å². The molecule has 0 aromatic carbocycles. The molecule has 0 aromatic rings. The second-order valence-corrected chi connectivity index (χ2v) is 6.54. The van der Waals surface area contributed by atoms with Crippen LogP contribution >= 0.6 is 15.9 Å². The van der Waals surface area contributed by atoms with Crippen LogP contribution in [-0.2, 0) is 14.2 Å². The van der Waals surface area contributed by atoms with E-state index in [0.717, 1.165) is 0 Å². The first-order valence-corrected chi connectivity index (χ1v) is 7.95. The molecule has 7 N–H and O–H groups in total. The minimum absolute atomic E-state index is 0.577. The molecule has 0 amide bonds. The van der Waals surface area contributed by atoms with Gasteiger partial charge in [0.15, 0.2) is 12.6 Å². The van der Waals surface area contributed by atoms with Gasteiger partial charge in [-0.05, 0) is 0 Å². The van der Waals surface area contributed by atoms with E-state index in [0.29, 0.717) is 0 Å². The molecule has 2 aliphatic rings. The third-order valence-electron chi connectivity index (χ3n) is 3.94. The summed E-state index contributed by atoms with van der Waals surface area (Å²) in [7, 11) is 0. The van der Waals surface area contributed by atoms with Crippen LogP contribution in [0, 0.1) is 0 Å². The van der Waals surface area contributed by atoms with Gasteiger partial charge in [-0.3, -0.25) is 0 Å². The van der Waals surface area contributed by atoms with Crippen LogP contribution in [0.2, 0.25) is 0 Å². The molecule has 10 nitrogen and oxygen atoms in total. The summed E-state index contributed by atoms with van der Waals surface area (Å²) in [5.41, 5.74) is 0. The topological polar surface area (TPSA) is 169 Å². The Hall–Kier alpha value is 0.0800. The lowest BCUT2D eigenvalue weighted by molar-refractivity contribution is -0.334. The maximum absolute atomic E-state index is 10.1. The van der Waals surface area contributed by atoms with Gasteiger partial charge in [0.1, 0.15) is 42.7 Å². The second kappa shape index (κ2) is 7.97. The lowest BCUT2D eigenvalue weighted by atomic mass is 9.98. The predicted molar refractivity (Wildman–Crippen MR) is 75.3 cm³/mol. The van der Waals surface area contributed by atoms with Crippen molar-refractivity contribution in [2.24, 2.45) is 0 Å². The van der Waals surface area contributed by atoms with Crippen molar-refractivity contribution in [2.75, 3.05) is 13.2 Å². The largest absolute Gasteiger partial charge is 0.394 e. The Kier molecular flexibility index (Phi) is 6.73. The zero-order valence-electron chi connectivity index (χ0n) is 11.9. The molecular formula is C12H21BrO10. The van der Waals surface area contributed by atoms with Crippen LogP contribution in [0.25, 0.3) is 0 Å². The third kappa shape index (κ3) is 3.85. The number of ether oxygens (including phenoxy) is 3. The van der Waals surface area contributed by atoms with Crippen molar-refractivity contribution in [1.82, 2.24) is 0 Å².